The maximum absolute atomic E-state index is 11.5. The normalized spacial score (nSPS) is 12.5. The summed E-state index contributed by atoms with van der Waals surface area (Å²) in [5.74, 6) is -0.993. The van der Waals surface area contributed by atoms with Crippen molar-refractivity contribution in [1.29, 1.82) is 0 Å². The van der Waals surface area contributed by atoms with Crippen molar-refractivity contribution < 1.29 is 14.6 Å². The standard InChI is InChI=1S/C22H20O3/c1-17(21(23)24)25-22(18-11-5-2-6-12-18,19-13-7-3-8-14-19)20-15-9-4-10-16-20/h2-17H,1H3,(H,23,24). The average Bonchev–Trinajstić information content (AvgIpc) is 2.68. The molecule has 1 N–H and O–H groups in total. The predicted molar refractivity (Wildman–Crippen MR) is 97.4 cm³/mol. The quantitative estimate of drug-likeness (QED) is 0.678. The second-order valence-corrected chi connectivity index (χ2v) is 5.88. The predicted octanol–water partition coefficient (Wildman–Crippen LogP) is 4.47. The van der Waals surface area contributed by atoms with Gasteiger partial charge in [-0.25, -0.2) is 4.79 Å². The minimum atomic E-state index is -0.998. The van der Waals surface area contributed by atoms with Crippen molar-refractivity contribution in [3.8, 4) is 0 Å². The van der Waals surface area contributed by atoms with Gasteiger partial charge in [-0.3, -0.25) is 0 Å². The van der Waals surface area contributed by atoms with Gasteiger partial charge in [-0.05, 0) is 23.6 Å². The van der Waals surface area contributed by atoms with E-state index < -0.39 is 17.7 Å². The van der Waals surface area contributed by atoms with Crippen molar-refractivity contribution in [2.24, 2.45) is 0 Å². The summed E-state index contributed by atoms with van der Waals surface area (Å²) in [7, 11) is 0. The SMILES string of the molecule is CC(OC(c1ccccc1)(c1ccccc1)c1ccccc1)C(=O)O. The van der Waals surface area contributed by atoms with Crippen LogP contribution in [0.3, 0.4) is 0 Å². The molecular weight excluding hydrogens is 312 g/mol. The first-order valence-corrected chi connectivity index (χ1v) is 8.22. The summed E-state index contributed by atoms with van der Waals surface area (Å²) in [5, 5.41) is 9.46. The summed E-state index contributed by atoms with van der Waals surface area (Å²) >= 11 is 0. The van der Waals surface area contributed by atoms with Gasteiger partial charge in [0.1, 0.15) is 5.60 Å². The third-order valence-corrected chi connectivity index (χ3v) is 4.24. The zero-order valence-corrected chi connectivity index (χ0v) is 14.0. The number of carbonyl (C=O) groups is 1. The maximum Gasteiger partial charge on any atom is 0.332 e. The molecule has 0 amide bonds. The zero-order valence-electron chi connectivity index (χ0n) is 14.0. The molecule has 0 radical (unpaired) electrons. The highest BCUT2D eigenvalue weighted by Crippen LogP contribution is 2.41. The Morgan fingerprint density at radius 3 is 1.36 bits per heavy atom. The lowest BCUT2D eigenvalue weighted by Crippen LogP contribution is -2.38. The van der Waals surface area contributed by atoms with Gasteiger partial charge in [0.2, 0.25) is 0 Å². The Labute approximate surface area is 147 Å². The smallest absolute Gasteiger partial charge is 0.332 e. The van der Waals surface area contributed by atoms with Crippen LogP contribution < -0.4 is 0 Å². The van der Waals surface area contributed by atoms with Crippen LogP contribution in [0.1, 0.15) is 23.6 Å². The van der Waals surface area contributed by atoms with Gasteiger partial charge in [0, 0.05) is 0 Å². The van der Waals surface area contributed by atoms with Crippen molar-refractivity contribution in [1.82, 2.24) is 0 Å². The Morgan fingerprint density at radius 1 is 0.760 bits per heavy atom. The van der Waals surface area contributed by atoms with Crippen LogP contribution in [0.2, 0.25) is 0 Å². The highest BCUT2D eigenvalue weighted by Gasteiger charge is 2.40. The zero-order chi connectivity index (χ0) is 17.7. The number of carboxylic acids is 1. The van der Waals surface area contributed by atoms with Gasteiger partial charge in [0.05, 0.1) is 0 Å². The van der Waals surface area contributed by atoms with Crippen LogP contribution in [0.25, 0.3) is 0 Å². The third-order valence-electron chi connectivity index (χ3n) is 4.24. The first kappa shape index (κ1) is 16.9. The van der Waals surface area contributed by atoms with Crippen LogP contribution in [0.15, 0.2) is 91.0 Å². The van der Waals surface area contributed by atoms with Crippen LogP contribution in [-0.2, 0) is 15.1 Å². The van der Waals surface area contributed by atoms with Crippen molar-refractivity contribution in [3.63, 3.8) is 0 Å². The molecule has 0 aliphatic heterocycles. The molecule has 3 aromatic carbocycles. The number of benzene rings is 3. The molecule has 0 heterocycles. The van der Waals surface area contributed by atoms with Crippen LogP contribution >= 0.6 is 0 Å². The molecule has 126 valence electrons. The number of rotatable bonds is 6. The van der Waals surface area contributed by atoms with E-state index in [0.717, 1.165) is 16.7 Å². The van der Waals surface area contributed by atoms with Gasteiger partial charge < -0.3 is 9.84 Å². The molecule has 0 aliphatic rings. The minimum absolute atomic E-state index is 0.889. The molecular formula is C22H20O3. The molecule has 3 heteroatoms. The monoisotopic (exact) mass is 332 g/mol. The molecule has 0 aliphatic carbocycles. The van der Waals surface area contributed by atoms with Crippen LogP contribution in [0, 0.1) is 0 Å². The minimum Gasteiger partial charge on any atom is -0.479 e. The number of aliphatic carboxylic acids is 1. The number of hydrogen-bond acceptors (Lipinski definition) is 2. The van der Waals surface area contributed by atoms with E-state index in [1.54, 1.807) is 6.92 Å². The Hall–Kier alpha value is -2.91. The summed E-state index contributed by atoms with van der Waals surface area (Å²) in [6.07, 6.45) is -0.972. The number of hydrogen-bond donors (Lipinski definition) is 1. The van der Waals surface area contributed by atoms with E-state index >= 15 is 0 Å². The Kier molecular flexibility index (Phi) is 4.96. The Morgan fingerprint density at radius 2 is 1.08 bits per heavy atom. The molecule has 3 nitrogen and oxygen atoms in total. The second kappa shape index (κ2) is 7.32. The van der Waals surface area contributed by atoms with Gasteiger partial charge in [0.15, 0.2) is 6.10 Å². The van der Waals surface area contributed by atoms with Crippen LogP contribution in [0.4, 0.5) is 0 Å². The summed E-state index contributed by atoms with van der Waals surface area (Å²) in [4.78, 5) is 11.5. The Bertz CT molecular complexity index is 717. The Balaban J connectivity index is 2.29. The van der Waals surface area contributed by atoms with E-state index in [4.69, 9.17) is 4.74 Å². The molecule has 0 aromatic heterocycles. The second-order valence-electron chi connectivity index (χ2n) is 5.88. The molecule has 3 rings (SSSR count). The molecule has 3 aromatic rings. The van der Waals surface area contributed by atoms with E-state index in [1.807, 2.05) is 91.0 Å². The maximum atomic E-state index is 11.5. The fourth-order valence-corrected chi connectivity index (χ4v) is 3.04. The molecule has 0 saturated carbocycles. The van der Waals surface area contributed by atoms with Gasteiger partial charge in [-0.2, -0.15) is 0 Å². The summed E-state index contributed by atoms with van der Waals surface area (Å²) in [6, 6.07) is 29.2. The molecule has 0 fully saturated rings. The molecule has 1 unspecified atom stereocenters. The van der Waals surface area contributed by atoms with Gasteiger partial charge in [-0.15, -0.1) is 0 Å². The van der Waals surface area contributed by atoms with Crippen molar-refractivity contribution in [3.05, 3.63) is 108 Å². The molecule has 0 saturated heterocycles. The fraction of sp³-hybridized carbons (Fsp3) is 0.136. The highest BCUT2D eigenvalue weighted by molar-refractivity contribution is 5.72. The van der Waals surface area contributed by atoms with Gasteiger partial charge >= 0.3 is 5.97 Å². The lowest BCUT2D eigenvalue weighted by molar-refractivity contribution is -0.156. The van der Waals surface area contributed by atoms with E-state index in [-0.39, 0.29) is 0 Å². The molecule has 1 atom stereocenters. The van der Waals surface area contributed by atoms with Crippen molar-refractivity contribution in [2.75, 3.05) is 0 Å². The van der Waals surface area contributed by atoms with Gasteiger partial charge in [-0.1, -0.05) is 91.0 Å². The average molecular weight is 332 g/mol. The van der Waals surface area contributed by atoms with Crippen LogP contribution in [-0.4, -0.2) is 17.2 Å². The fourth-order valence-electron chi connectivity index (χ4n) is 3.04. The molecule has 0 bridgehead atoms. The first-order valence-electron chi connectivity index (χ1n) is 8.22. The van der Waals surface area contributed by atoms with Crippen molar-refractivity contribution in [2.45, 2.75) is 18.6 Å². The van der Waals surface area contributed by atoms with E-state index in [9.17, 15) is 9.90 Å². The lowest BCUT2D eigenvalue weighted by Gasteiger charge is -2.37. The summed E-state index contributed by atoms with van der Waals surface area (Å²) in [5.41, 5.74) is 1.67. The van der Waals surface area contributed by atoms with Crippen molar-refractivity contribution >= 4 is 5.97 Å². The van der Waals surface area contributed by atoms with E-state index in [1.165, 1.54) is 0 Å². The number of carboxylic acid groups (broad SMARTS) is 1. The molecule has 25 heavy (non-hydrogen) atoms. The topological polar surface area (TPSA) is 46.5 Å². The number of ether oxygens (including phenoxy) is 1. The third kappa shape index (κ3) is 3.32. The lowest BCUT2D eigenvalue weighted by atomic mass is 9.80. The first-order chi connectivity index (χ1) is 12.1. The van der Waals surface area contributed by atoms with Gasteiger partial charge in [0.25, 0.3) is 0 Å². The van der Waals surface area contributed by atoms with E-state index in [0.29, 0.717) is 0 Å². The van der Waals surface area contributed by atoms with Crippen LogP contribution in [0.5, 0.6) is 0 Å². The summed E-state index contributed by atoms with van der Waals surface area (Å²) < 4.78 is 6.26. The largest absolute Gasteiger partial charge is 0.479 e. The highest BCUT2D eigenvalue weighted by atomic mass is 16.5. The summed E-state index contributed by atoms with van der Waals surface area (Å²) in [6.45, 7) is 1.56. The molecule has 0 spiro atoms. The van der Waals surface area contributed by atoms with E-state index in [2.05, 4.69) is 0 Å².